The van der Waals surface area contributed by atoms with Crippen LogP contribution in [-0.4, -0.2) is 28.3 Å². The van der Waals surface area contributed by atoms with Gasteiger partial charge in [-0.1, -0.05) is 0 Å². The summed E-state index contributed by atoms with van der Waals surface area (Å²) in [5.74, 6) is 0. The summed E-state index contributed by atoms with van der Waals surface area (Å²) in [6.45, 7) is 6.64. The van der Waals surface area contributed by atoms with E-state index in [0.717, 1.165) is 10.7 Å². The van der Waals surface area contributed by atoms with Gasteiger partial charge in [-0.05, 0) is 33.6 Å². The Labute approximate surface area is 101 Å². The summed E-state index contributed by atoms with van der Waals surface area (Å²) >= 11 is 1.69. The number of thiazole rings is 1. The molecule has 90 valence electrons. The standard InChI is InChI=1S/C12H20N2OS/c1-8-9(2)16-11(14-8)6-12(3,15)7-13-10-4-5-10/h10,13,15H,4-7H2,1-3H3. The second-order valence-electron chi connectivity index (χ2n) is 5.08. The van der Waals surface area contributed by atoms with E-state index in [0.29, 0.717) is 19.0 Å². The lowest BCUT2D eigenvalue weighted by Crippen LogP contribution is -2.40. The van der Waals surface area contributed by atoms with Crippen LogP contribution >= 0.6 is 11.3 Å². The van der Waals surface area contributed by atoms with Crippen LogP contribution in [0.25, 0.3) is 0 Å². The monoisotopic (exact) mass is 240 g/mol. The van der Waals surface area contributed by atoms with Crippen LogP contribution in [0.15, 0.2) is 0 Å². The van der Waals surface area contributed by atoms with Crippen molar-refractivity contribution in [1.29, 1.82) is 0 Å². The van der Waals surface area contributed by atoms with E-state index in [9.17, 15) is 5.11 Å². The van der Waals surface area contributed by atoms with Gasteiger partial charge < -0.3 is 10.4 Å². The van der Waals surface area contributed by atoms with E-state index in [1.165, 1.54) is 17.7 Å². The smallest absolute Gasteiger partial charge is 0.0959 e. The Hall–Kier alpha value is -0.450. The topological polar surface area (TPSA) is 45.2 Å². The molecule has 0 aromatic carbocycles. The summed E-state index contributed by atoms with van der Waals surface area (Å²) in [7, 11) is 0. The zero-order valence-electron chi connectivity index (χ0n) is 10.2. The Kier molecular flexibility index (Phi) is 3.33. The second kappa shape index (κ2) is 4.43. The third kappa shape index (κ3) is 3.27. The molecule has 0 aliphatic heterocycles. The van der Waals surface area contributed by atoms with Crippen LogP contribution in [-0.2, 0) is 6.42 Å². The number of aromatic nitrogens is 1. The van der Waals surface area contributed by atoms with E-state index in [4.69, 9.17) is 0 Å². The molecular formula is C12H20N2OS. The molecule has 1 aliphatic rings. The SMILES string of the molecule is Cc1nc(CC(C)(O)CNC2CC2)sc1C. The van der Waals surface area contributed by atoms with Gasteiger partial charge in [-0.15, -0.1) is 11.3 Å². The maximum Gasteiger partial charge on any atom is 0.0959 e. The molecule has 0 amide bonds. The highest BCUT2D eigenvalue weighted by Gasteiger charge is 2.27. The van der Waals surface area contributed by atoms with E-state index < -0.39 is 5.60 Å². The van der Waals surface area contributed by atoms with Crippen molar-refractivity contribution >= 4 is 11.3 Å². The van der Waals surface area contributed by atoms with Gasteiger partial charge in [-0.2, -0.15) is 0 Å². The van der Waals surface area contributed by atoms with E-state index in [1.54, 1.807) is 11.3 Å². The Morgan fingerprint density at radius 1 is 1.50 bits per heavy atom. The number of aryl methyl sites for hydroxylation is 2. The fourth-order valence-electron chi connectivity index (χ4n) is 1.65. The first-order valence-corrected chi connectivity index (χ1v) is 6.66. The third-order valence-electron chi connectivity index (χ3n) is 2.95. The largest absolute Gasteiger partial charge is 0.388 e. The van der Waals surface area contributed by atoms with Gasteiger partial charge in [0.15, 0.2) is 0 Å². The minimum absolute atomic E-state index is 0.645. The van der Waals surface area contributed by atoms with Crippen LogP contribution in [0.5, 0.6) is 0 Å². The minimum atomic E-state index is -0.681. The first-order chi connectivity index (χ1) is 7.46. The molecule has 16 heavy (non-hydrogen) atoms. The van der Waals surface area contributed by atoms with Gasteiger partial charge in [0.05, 0.1) is 16.3 Å². The first-order valence-electron chi connectivity index (χ1n) is 5.85. The Balaban J connectivity index is 1.90. The molecule has 1 aliphatic carbocycles. The van der Waals surface area contributed by atoms with Crippen molar-refractivity contribution in [3.63, 3.8) is 0 Å². The molecule has 0 bridgehead atoms. The molecule has 0 saturated heterocycles. The van der Waals surface area contributed by atoms with Crippen molar-refractivity contribution in [3.05, 3.63) is 15.6 Å². The average Bonchev–Trinajstić information content (AvgIpc) is 2.92. The molecule has 2 N–H and O–H groups in total. The molecular weight excluding hydrogens is 220 g/mol. The third-order valence-corrected chi connectivity index (χ3v) is 4.03. The van der Waals surface area contributed by atoms with Gasteiger partial charge in [0.25, 0.3) is 0 Å². The predicted octanol–water partition coefficient (Wildman–Crippen LogP) is 1.81. The van der Waals surface area contributed by atoms with Gasteiger partial charge in [-0.25, -0.2) is 4.98 Å². The zero-order chi connectivity index (χ0) is 11.8. The molecule has 1 aromatic heterocycles. The highest BCUT2D eigenvalue weighted by molar-refractivity contribution is 7.11. The number of nitrogens with zero attached hydrogens (tertiary/aromatic N) is 1. The van der Waals surface area contributed by atoms with Gasteiger partial charge >= 0.3 is 0 Å². The minimum Gasteiger partial charge on any atom is -0.388 e. The van der Waals surface area contributed by atoms with Crippen molar-refractivity contribution in [2.24, 2.45) is 0 Å². The second-order valence-corrected chi connectivity index (χ2v) is 6.37. The highest BCUT2D eigenvalue weighted by atomic mass is 32.1. The average molecular weight is 240 g/mol. The molecule has 2 rings (SSSR count). The Morgan fingerprint density at radius 2 is 2.19 bits per heavy atom. The Bertz CT molecular complexity index is 350. The zero-order valence-corrected chi connectivity index (χ0v) is 11.0. The quantitative estimate of drug-likeness (QED) is 0.825. The van der Waals surface area contributed by atoms with Gasteiger partial charge in [-0.3, -0.25) is 0 Å². The van der Waals surface area contributed by atoms with Crippen LogP contribution in [0, 0.1) is 13.8 Å². The molecule has 1 heterocycles. The van der Waals surface area contributed by atoms with E-state index in [-0.39, 0.29) is 0 Å². The number of hydrogen-bond donors (Lipinski definition) is 2. The van der Waals surface area contributed by atoms with Crippen molar-refractivity contribution in [1.82, 2.24) is 10.3 Å². The van der Waals surface area contributed by atoms with E-state index in [2.05, 4.69) is 17.2 Å². The maximum absolute atomic E-state index is 10.2. The van der Waals surface area contributed by atoms with Crippen LogP contribution < -0.4 is 5.32 Å². The molecule has 1 unspecified atom stereocenters. The van der Waals surface area contributed by atoms with Crippen LogP contribution in [0.2, 0.25) is 0 Å². The lowest BCUT2D eigenvalue weighted by molar-refractivity contribution is 0.0597. The molecule has 1 saturated carbocycles. The molecule has 1 fully saturated rings. The van der Waals surface area contributed by atoms with Crippen LogP contribution in [0.1, 0.15) is 35.3 Å². The lowest BCUT2D eigenvalue weighted by atomic mass is 10.0. The predicted molar refractivity (Wildman–Crippen MR) is 66.9 cm³/mol. The fraction of sp³-hybridized carbons (Fsp3) is 0.750. The molecule has 0 radical (unpaired) electrons. The summed E-state index contributed by atoms with van der Waals surface area (Å²) in [6, 6.07) is 0.645. The summed E-state index contributed by atoms with van der Waals surface area (Å²) in [5.41, 5.74) is 0.408. The van der Waals surface area contributed by atoms with Gasteiger partial charge in [0.1, 0.15) is 0 Å². The lowest BCUT2D eigenvalue weighted by Gasteiger charge is -2.22. The number of rotatable bonds is 5. The summed E-state index contributed by atoms with van der Waals surface area (Å²) in [5, 5.41) is 14.7. The van der Waals surface area contributed by atoms with Crippen molar-refractivity contribution in [3.8, 4) is 0 Å². The summed E-state index contributed by atoms with van der Waals surface area (Å²) in [6.07, 6.45) is 3.16. The van der Waals surface area contributed by atoms with Gasteiger partial charge in [0.2, 0.25) is 0 Å². The van der Waals surface area contributed by atoms with Gasteiger partial charge in [0, 0.05) is 23.9 Å². The van der Waals surface area contributed by atoms with Crippen LogP contribution in [0.3, 0.4) is 0 Å². The number of nitrogens with one attached hydrogen (secondary N) is 1. The number of aliphatic hydroxyl groups is 1. The van der Waals surface area contributed by atoms with Crippen LogP contribution in [0.4, 0.5) is 0 Å². The van der Waals surface area contributed by atoms with E-state index >= 15 is 0 Å². The van der Waals surface area contributed by atoms with Crippen molar-refractivity contribution in [2.45, 2.75) is 51.7 Å². The molecule has 0 spiro atoms. The first kappa shape index (κ1) is 12.0. The molecule has 1 atom stereocenters. The normalized spacial score (nSPS) is 19.8. The summed E-state index contributed by atoms with van der Waals surface area (Å²) < 4.78 is 0. The number of hydrogen-bond acceptors (Lipinski definition) is 4. The van der Waals surface area contributed by atoms with Crippen molar-refractivity contribution < 1.29 is 5.11 Å². The molecule has 3 nitrogen and oxygen atoms in total. The van der Waals surface area contributed by atoms with Crippen molar-refractivity contribution in [2.75, 3.05) is 6.54 Å². The summed E-state index contributed by atoms with van der Waals surface area (Å²) in [4.78, 5) is 5.72. The fourth-order valence-corrected chi connectivity index (χ4v) is 2.77. The highest BCUT2D eigenvalue weighted by Crippen LogP contribution is 2.23. The molecule has 4 heteroatoms. The Morgan fingerprint density at radius 3 is 2.69 bits per heavy atom. The van der Waals surface area contributed by atoms with E-state index in [1.807, 2.05) is 13.8 Å². The molecule has 1 aromatic rings. The maximum atomic E-state index is 10.2.